The fourth-order valence-electron chi connectivity index (χ4n) is 4.80. The van der Waals surface area contributed by atoms with Crippen molar-refractivity contribution in [1.82, 2.24) is 14.8 Å². The Balaban J connectivity index is 1.38. The first-order chi connectivity index (χ1) is 15.4. The molecule has 32 heavy (non-hydrogen) atoms. The number of nitrogens with zero attached hydrogens (tertiary/aromatic N) is 3. The number of carbonyl (C=O) groups is 3. The number of hydrogen-bond acceptors (Lipinski definition) is 5. The zero-order valence-corrected chi connectivity index (χ0v) is 18.5. The van der Waals surface area contributed by atoms with E-state index in [1.807, 2.05) is 35.2 Å². The van der Waals surface area contributed by atoms with Gasteiger partial charge >= 0.3 is 0 Å². The molecule has 3 heterocycles. The zero-order chi connectivity index (χ0) is 22.7. The average Bonchev–Trinajstić information content (AvgIpc) is 2.78. The molecule has 0 saturated carbocycles. The highest BCUT2D eigenvalue weighted by molar-refractivity contribution is 5.93. The van der Waals surface area contributed by atoms with Crippen molar-refractivity contribution in [3.8, 4) is 0 Å². The van der Waals surface area contributed by atoms with Gasteiger partial charge in [-0.25, -0.2) is 0 Å². The van der Waals surface area contributed by atoms with Gasteiger partial charge in [-0.15, -0.1) is 0 Å². The molecule has 8 heteroatoms. The topological polar surface area (TPSA) is 109 Å². The number of pyridine rings is 1. The fraction of sp³-hybridized carbons (Fsp3) is 0.500. The third kappa shape index (κ3) is 5.07. The lowest BCUT2D eigenvalue weighted by atomic mass is 9.91. The lowest BCUT2D eigenvalue weighted by Gasteiger charge is -2.35. The largest absolute Gasteiger partial charge is 0.369 e. The molecular weight excluding hydrogens is 406 g/mol. The third-order valence-corrected chi connectivity index (χ3v) is 6.65. The Morgan fingerprint density at radius 3 is 2.41 bits per heavy atom. The number of nitrogens with one attached hydrogen (secondary N) is 1. The number of aromatic nitrogens is 1. The number of likely N-dealkylation sites (tertiary alicyclic amines) is 2. The number of hydrogen-bond donors (Lipinski definition) is 2. The predicted molar refractivity (Wildman–Crippen MR) is 123 cm³/mol. The van der Waals surface area contributed by atoms with E-state index in [9.17, 15) is 14.4 Å². The van der Waals surface area contributed by atoms with Crippen LogP contribution in [0.4, 0.5) is 5.69 Å². The second-order valence-electron chi connectivity index (χ2n) is 8.90. The van der Waals surface area contributed by atoms with Crippen molar-refractivity contribution in [2.24, 2.45) is 11.7 Å². The van der Waals surface area contributed by atoms with Gasteiger partial charge < -0.3 is 16.0 Å². The number of carbonyl (C=O) groups excluding carboxylic acids is 3. The number of fused-ring (bicyclic) bond motifs is 1. The standard InChI is InChI=1S/C24H31N5O3/c1-16(30)26-21-14-19-4-2-3-5-20(19)27-23(21)17-8-12-29(13-9-17)22(31)15-28-10-6-18(7-11-28)24(25)32/h2-5,14,17-18H,6-13,15H2,1H3,(H2,25,32)(H,26,30). The molecular formula is C24H31N5O3. The van der Waals surface area contributed by atoms with Gasteiger partial charge in [-0.3, -0.25) is 24.3 Å². The van der Waals surface area contributed by atoms with Crippen LogP contribution in [-0.2, 0) is 14.4 Å². The van der Waals surface area contributed by atoms with E-state index in [-0.39, 0.29) is 29.6 Å². The molecule has 1 aromatic heterocycles. The van der Waals surface area contributed by atoms with Crippen LogP contribution in [0.1, 0.15) is 44.2 Å². The summed E-state index contributed by atoms with van der Waals surface area (Å²) >= 11 is 0. The van der Waals surface area contributed by atoms with E-state index in [2.05, 4.69) is 10.2 Å². The van der Waals surface area contributed by atoms with Gasteiger partial charge in [0.2, 0.25) is 17.7 Å². The number of nitrogens with two attached hydrogens (primary N) is 1. The Bertz CT molecular complexity index is 1010. The second kappa shape index (κ2) is 9.65. The Kier molecular flexibility index (Phi) is 6.69. The second-order valence-corrected chi connectivity index (χ2v) is 8.90. The molecule has 0 bridgehead atoms. The van der Waals surface area contributed by atoms with E-state index in [4.69, 9.17) is 10.7 Å². The molecule has 0 unspecified atom stereocenters. The molecule has 0 atom stereocenters. The van der Waals surface area contributed by atoms with Gasteiger partial charge in [-0.05, 0) is 50.9 Å². The maximum atomic E-state index is 12.8. The molecule has 2 aliphatic heterocycles. The highest BCUT2D eigenvalue weighted by Crippen LogP contribution is 2.34. The molecule has 8 nitrogen and oxygen atoms in total. The summed E-state index contributed by atoms with van der Waals surface area (Å²) in [4.78, 5) is 44.8. The van der Waals surface area contributed by atoms with Gasteiger partial charge in [-0.1, -0.05) is 18.2 Å². The van der Waals surface area contributed by atoms with Crippen molar-refractivity contribution in [1.29, 1.82) is 0 Å². The normalized spacial score (nSPS) is 18.6. The first kappa shape index (κ1) is 22.2. The summed E-state index contributed by atoms with van der Waals surface area (Å²) in [5.74, 6) is -0.0919. The van der Waals surface area contributed by atoms with Crippen LogP contribution >= 0.6 is 0 Å². The van der Waals surface area contributed by atoms with Gasteiger partial charge in [0, 0.05) is 37.2 Å². The summed E-state index contributed by atoms with van der Waals surface area (Å²) in [5.41, 5.74) is 7.97. The number of rotatable bonds is 5. The Labute approximate surface area is 188 Å². The summed E-state index contributed by atoms with van der Waals surface area (Å²) in [6, 6.07) is 9.89. The van der Waals surface area contributed by atoms with Crippen LogP contribution in [0, 0.1) is 5.92 Å². The van der Waals surface area contributed by atoms with Gasteiger partial charge in [0.25, 0.3) is 0 Å². The van der Waals surface area contributed by atoms with Crippen LogP contribution in [0.25, 0.3) is 10.9 Å². The maximum Gasteiger partial charge on any atom is 0.236 e. The van der Waals surface area contributed by atoms with E-state index in [1.54, 1.807) is 0 Å². The summed E-state index contributed by atoms with van der Waals surface area (Å²) in [7, 11) is 0. The van der Waals surface area contributed by atoms with E-state index in [0.717, 1.165) is 61.1 Å². The lowest BCUT2D eigenvalue weighted by molar-refractivity contribution is -0.134. The Hall–Kier alpha value is -3.00. The van der Waals surface area contributed by atoms with Crippen LogP contribution in [0.5, 0.6) is 0 Å². The van der Waals surface area contributed by atoms with Gasteiger partial charge in [0.1, 0.15) is 0 Å². The van der Waals surface area contributed by atoms with Crippen LogP contribution in [0.2, 0.25) is 0 Å². The minimum atomic E-state index is -0.237. The average molecular weight is 438 g/mol. The number of anilines is 1. The lowest BCUT2D eigenvalue weighted by Crippen LogP contribution is -2.46. The van der Waals surface area contributed by atoms with Gasteiger partial charge in [0.05, 0.1) is 23.4 Å². The fourth-order valence-corrected chi connectivity index (χ4v) is 4.80. The van der Waals surface area contributed by atoms with Crippen molar-refractivity contribution in [3.05, 3.63) is 36.0 Å². The van der Waals surface area contributed by atoms with Crippen LogP contribution < -0.4 is 11.1 Å². The molecule has 1 aromatic carbocycles. The molecule has 2 saturated heterocycles. The molecule has 4 rings (SSSR count). The van der Waals surface area contributed by atoms with Gasteiger partial charge in [-0.2, -0.15) is 0 Å². The van der Waals surface area contributed by atoms with Crippen molar-refractivity contribution in [2.45, 2.75) is 38.5 Å². The van der Waals surface area contributed by atoms with Gasteiger partial charge in [0.15, 0.2) is 0 Å². The SMILES string of the molecule is CC(=O)Nc1cc2ccccc2nc1C1CCN(C(=O)CN2CCC(C(N)=O)CC2)CC1. The summed E-state index contributed by atoms with van der Waals surface area (Å²) in [6.07, 6.45) is 3.08. The number of amides is 3. The molecule has 3 amide bonds. The zero-order valence-electron chi connectivity index (χ0n) is 18.5. The monoisotopic (exact) mass is 437 g/mol. The summed E-state index contributed by atoms with van der Waals surface area (Å²) in [5, 5.41) is 3.93. The number of benzene rings is 1. The summed E-state index contributed by atoms with van der Waals surface area (Å²) in [6.45, 7) is 4.71. The van der Waals surface area contributed by atoms with Crippen molar-refractivity contribution in [2.75, 3.05) is 38.0 Å². The van der Waals surface area contributed by atoms with Crippen LogP contribution in [0.3, 0.4) is 0 Å². The van der Waals surface area contributed by atoms with Crippen molar-refractivity contribution in [3.63, 3.8) is 0 Å². The molecule has 3 N–H and O–H groups in total. The molecule has 2 aliphatic rings. The van der Waals surface area contributed by atoms with Crippen molar-refractivity contribution < 1.29 is 14.4 Å². The highest BCUT2D eigenvalue weighted by atomic mass is 16.2. The quantitative estimate of drug-likeness (QED) is 0.745. The Morgan fingerprint density at radius 1 is 1.06 bits per heavy atom. The van der Waals surface area contributed by atoms with Crippen LogP contribution in [-0.4, -0.2) is 65.2 Å². The maximum absolute atomic E-state index is 12.8. The highest BCUT2D eigenvalue weighted by Gasteiger charge is 2.29. The number of piperidine rings is 2. The smallest absolute Gasteiger partial charge is 0.236 e. The van der Waals surface area contributed by atoms with E-state index >= 15 is 0 Å². The molecule has 170 valence electrons. The Morgan fingerprint density at radius 2 is 1.75 bits per heavy atom. The third-order valence-electron chi connectivity index (χ3n) is 6.65. The van der Waals surface area contributed by atoms with Crippen molar-refractivity contribution >= 4 is 34.3 Å². The predicted octanol–water partition coefficient (Wildman–Crippen LogP) is 2.10. The number of para-hydroxylation sites is 1. The van der Waals surface area contributed by atoms with Crippen LogP contribution in [0.15, 0.2) is 30.3 Å². The molecule has 2 fully saturated rings. The molecule has 2 aromatic rings. The molecule has 0 aliphatic carbocycles. The molecule has 0 spiro atoms. The summed E-state index contributed by atoms with van der Waals surface area (Å²) < 4.78 is 0. The first-order valence-corrected chi connectivity index (χ1v) is 11.4. The molecule has 0 radical (unpaired) electrons. The van der Waals surface area contributed by atoms with E-state index in [1.165, 1.54) is 6.92 Å². The van der Waals surface area contributed by atoms with E-state index < -0.39 is 0 Å². The minimum Gasteiger partial charge on any atom is -0.369 e. The first-order valence-electron chi connectivity index (χ1n) is 11.4. The number of primary amides is 1. The van der Waals surface area contributed by atoms with E-state index in [0.29, 0.717) is 19.6 Å². The minimum absolute atomic E-state index is 0.0654.